The normalized spacial score (nSPS) is 16.3. The maximum atomic E-state index is 12.8. The number of esters is 2. The Balaban J connectivity index is 2.31. The van der Waals surface area contributed by atoms with Crippen molar-refractivity contribution in [1.82, 2.24) is 5.32 Å². The van der Waals surface area contributed by atoms with Crippen molar-refractivity contribution in [3.63, 3.8) is 0 Å². The lowest BCUT2D eigenvalue weighted by Crippen LogP contribution is -2.34. The van der Waals surface area contributed by atoms with E-state index in [1.165, 1.54) is 14.2 Å². The first-order chi connectivity index (χ1) is 12.8. The second-order valence-corrected chi connectivity index (χ2v) is 7.54. The number of allylic oxidation sites excluding steroid dienone is 2. The minimum atomic E-state index is -1.14. The first-order valence-corrected chi connectivity index (χ1v) is 8.96. The van der Waals surface area contributed by atoms with Gasteiger partial charge in [-0.3, -0.25) is 14.4 Å². The van der Waals surface area contributed by atoms with Crippen molar-refractivity contribution in [3.05, 3.63) is 47.2 Å². The highest BCUT2D eigenvalue weighted by Crippen LogP contribution is 2.38. The number of ketones is 1. The molecule has 0 heterocycles. The molecular weight excluding hydrogens is 346 g/mol. The van der Waals surface area contributed by atoms with E-state index in [-0.39, 0.29) is 17.6 Å². The largest absolute Gasteiger partial charge is 0.468 e. The fourth-order valence-corrected chi connectivity index (χ4v) is 3.32. The number of carbonyl (C=O) groups is 3. The van der Waals surface area contributed by atoms with Gasteiger partial charge in [-0.2, -0.15) is 0 Å². The van der Waals surface area contributed by atoms with Crippen LogP contribution in [0.4, 0.5) is 0 Å². The predicted molar refractivity (Wildman–Crippen MR) is 100 cm³/mol. The van der Waals surface area contributed by atoms with Crippen LogP contribution in [0.15, 0.2) is 41.6 Å². The zero-order valence-electron chi connectivity index (χ0n) is 16.3. The fraction of sp³-hybridized carbons (Fsp3) is 0.476. The minimum absolute atomic E-state index is 0.0224. The van der Waals surface area contributed by atoms with Gasteiger partial charge in [-0.05, 0) is 17.4 Å². The highest BCUT2D eigenvalue weighted by atomic mass is 16.5. The van der Waals surface area contributed by atoms with E-state index in [0.717, 1.165) is 11.3 Å². The van der Waals surface area contributed by atoms with Gasteiger partial charge < -0.3 is 14.8 Å². The van der Waals surface area contributed by atoms with Crippen LogP contribution in [0, 0.1) is 11.3 Å². The summed E-state index contributed by atoms with van der Waals surface area (Å²) in [5, 5.41) is 3.35. The second kappa shape index (κ2) is 8.84. The Morgan fingerprint density at radius 1 is 1.07 bits per heavy atom. The Morgan fingerprint density at radius 2 is 1.67 bits per heavy atom. The standard InChI is InChI=1S/C21H27NO5/c1-21(2)11-17(22-13-14-8-6-5-7-9-14)15(18(23)12-21)10-16(19(24)26-3)20(25)27-4/h5-9,16,22H,10-13H2,1-4H3. The average Bonchev–Trinajstić information content (AvgIpc) is 2.64. The summed E-state index contributed by atoms with van der Waals surface area (Å²) in [4.78, 5) is 36.8. The molecular formula is C21H27NO5. The molecule has 2 rings (SSSR count). The molecule has 0 unspecified atom stereocenters. The zero-order valence-corrected chi connectivity index (χ0v) is 16.3. The summed E-state index contributed by atoms with van der Waals surface area (Å²) in [5.74, 6) is -2.60. The van der Waals surface area contributed by atoms with E-state index in [1.54, 1.807) is 0 Å². The molecule has 1 aromatic rings. The Morgan fingerprint density at radius 3 is 2.22 bits per heavy atom. The van der Waals surface area contributed by atoms with Gasteiger partial charge in [-0.15, -0.1) is 0 Å². The molecule has 146 valence electrons. The van der Waals surface area contributed by atoms with Gasteiger partial charge in [0.05, 0.1) is 14.2 Å². The Kier molecular flexibility index (Phi) is 6.77. The Labute approximate surface area is 159 Å². The molecule has 1 N–H and O–H groups in total. The Bertz CT molecular complexity index is 720. The van der Waals surface area contributed by atoms with Crippen molar-refractivity contribution in [2.24, 2.45) is 11.3 Å². The van der Waals surface area contributed by atoms with Crippen molar-refractivity contribution < 1.29 is 23.9 Å². The number of ether oxygens (including phenoxy) is 2. The first-order valence-electron chi connectivity index (χ1n) is 8.96. The van der Waals surface area contributed by atoms with Crippen LogP contribution >= 0.6 is 0 Å². The molecule has 1 aliphatic rings. The molecule has 0 saturated heterocycles. The van der Waals surface area contributed by atoms with Crippen LogP contribution in [0.5, 0.6) is 0 Å². The molecule has 0 aliphatic heterocycles. The van der Waals surface area contributed by atoms with Crippen LogP contribution in [-0.4, -0.2) is 31.9 Å². The monoisotopic (exact) mass is 373 g/mol. The smallest absolute Gasteiger partial charge is 0.320 e. The first kappa shape index (κ1) is 20.7. The third kappa shape index (κ3) is 5.42. The molecule has 0 radical (unpaired) electrons. The number of hydrogen-bond donors (Lipinski definition) is 1. The second-order valence-electron chi connectivity index (χ2n) is 7.54. The molecule has 0 aromatic heterocycles. The van der Waals surface area contributed by atoms with E-state index < -0.39 is 17.9 Å². The number of Topliss-reactive ketones (excluding diaryl/α,β-unsaturated/α-hetero) is 1. The predicted octanol–water partition coefficient (Wildman–Crippen LogP) is 2.77. The van der Waals surface area contributed by atoms with Gasteiger partial charge in [-0.1, -0.05) is 44.2 Å². The van der Waals surface area contributed by atoms with Crippen molar-refractivity contribution in [3.8, 4) is 0 Å². The van der Waals surface area contributed by atoms with Crippen molar-refractivity contribution in [1.29, 1.82) is 0 Å². The van der Waals surface area contributed by atoms with E-state index in [0.29, 0.717) is 25.0 Å². The van der Waals surface area contributed by atoms with E-state index >= 15 is 0 Å². The van der Waals surface area contributed by atoms with Gasteiger partial charge in [0, 0.05) is 30.7 Å². The summed E-state index contributed by atoms with van der Waals surface area (Å²) >= 11 is 0. The van der Waals surface area contributed by atoms with Crippen molar-refractivity contribution in [2.75, 3.05) is 14.2 Å². The van der Waals surface area contributed by atoms with Crippen LogP contribution in [0.25, 0.3) is 0 Å². The molecule has 0 atom stereocenters. The summed E-state index contributed by atoms with van der Waals surface area (Å²) in [5.41, 5.74) is 2.15. The fourth-order valence-electron chi connectivity index (χ4n) is 3.32. The van der Waals surface area contributed by atoms with E-state index in [1.807, 2.05) is 44.2 Å². The highest BCUT2D eigenvalue weighted by Gasteiger charge is 2.37. The van der Waals surface area contributed by atoms with E-state index in [9.17, 15) is 14.4 Å². The van der Waals surface area contributed by atoms with Crippen LogP contribution in [-0.2, 0) is 30.4 Å². The number of benzene rings is 1. The van der Waals surface area contributed by atoms with E-state index in [2.05, 4.69) is 5.32 Å². The lowest BCUT2D eigenvalue weighted by molar-refractivity contribution is -0.158. The van der Waals surface area contributed by atoms with Gasteiger partial charge in [0.2, 0.25) is 0 Å². The summed E-state index contributed by atoms with van der Waals surface area (Å²) in [7, 11) is 2.43. The summed E-state index contributed by atoms with van der Waals surface area (Å²) in [6.45, 7) is 4.62. The lowest BCUT2D eigenvalue weighted by Gasteiger charge is -2.33. The zero-order chi connectivity index (χ0) is 20.0. The van der Waals surface area contributed by atoms with Crippen LogP contribution in [0.1, 0.15) is 38.7 Å². The molecule has 1 aliphatic carbocycles. The molecule has 27 heavy (non-hydrogen) atoms. The number of rotatable bonds is 7. The molecule has 0 fully saturated rings. The van der Waals surface area contributed by atoms with Gasteiger partial charge in [0.1, 0.15) is 0 Å². The van der Waals surface area contributed by atoms with Crippen LogP contribution in [0.2, 0.25) is 0 Å². The van der Waals surface area contributed by atoms with E-state index in [4.69, 9.17) is 9.47 Å². The summed E-state index contributed by atoms with van der Waals surface area (Å²) < 4.78 is 9.45. The number of carbonyl (C=O) groups excluding carboxylic acids is 3. The van der Waals surface area contributed by atoms with Crippen molar-refractivity contribution >= 4 is 17.7 Å². The molecule has 6 heteroatoms. The maximum absolute atomic E-state index is 12.8. The Hall–Kier alpha value is -2.63. The topological polar surface area (TPSA) is 81.7 Å². The summed E-state index contributed by atoms with van der Waals surface area (Å²) in [6, 6.07) is 9.84. The van der Waals surface area contributed by atoms with Crippen LogP contribution in [0.3, 0.4) is 0 Å². The number of hydrogen-bond acceptors (Lipinski definition) is 6. The molecule has 1 aromatic carbocycles. The molecule has 0 amide bonds. The molecule has 6 nitrogen and oxygen atoms in total. The average molecular weight is 373 g/mol. The van der Waals surface area contributed by atoms with Gasteiger partial charge in [-0.25, -0.2) is 0 Å². The summed E-state index contributed by atoms with van der Waals surface area (Å²) in [6.07, 6.45) is 1.01. The molecule has 0 saturated carbocycles. The number of nitrogens with one attached hydrogen (secondary N) is 1. The lowest BCUT2D eigenvalue weighted by atomic mass is 9.74. The SMILES string of the molecule is COC(=O)C(CC1=C(NCc2ccccc2)CC(C)(C)CC1=O)C(=O)OC. The maximum Gasteiger partial charge on any atom is 0.320 e. The van der Waals surface area contributed by atoms with Gasteiger partial charge >= 0.3 is 11.9 Å². The van der Waals surface area contributed by atoms with Gasteiger partial charge in [0.25, 0.3) is 0 Å². The minimum Gasteiger partial charge on any atom is -0.468 e. The third-order valence-electron chi connectivity index (χ3n) is 4.72. The molecule has 0 spiro atoms. The van der Waals surface area contributed by atoms with Crippen molar-refractivity contribution in [2.45, 2.75) is 39.7 Å². The van der Waals surface area contributed by atoms with Crippen LogP contribution < -0.4 is 5.32 Å². The molecule has 0 bridgehead atoms. The highest BCUT2D eigenvalue weighted by molar-refractivity contribution is 6.01. The number of methoxy groups -OCH3 is 2. The van der Waals surface area contributed by atoms with Gasteiger partial charge in [0.15, 0.2) is 11.7 Å². The quantitative estimate of drug-likeness (QED) is 0.585. The third-order valence-corrected chi connectivity index (χ3v) is 4.72.